The van der Waals surface area contributed by atoms with Gasteiger partial charge in [-0.05, 0) is 54.0 Å². The first-order valence-corrected chi connectivity index (χ1v) is 8.33. The molecular formula is C17H29N3O3. The Morgan fingerprint density at radius 1 is 1.39 bits per heavy atom. The summed E-state index contributed by atoms with van der Waals surface area (Å²) in [4.78, 5) is 14.6. The molecule has 1 aliphatic rings. The number of carbonyl (C=O) groups is 1. The second-order valence-electron chi connectivity index (χ2n) is 7.26. The topological polar surface area (TPSA) is 67.6 Å². The molecule has 0 aromatic carbocycles. The van der Waals surface area contributed by atoms with Crippen molar-refractivity contribution in [3.8, 4) is 0 Å². The lowest BCUT2D eigenvalue weighted by atomic mass is 10.1. The number of aromatic nitrogens is 2. The Kier molecular flexibility index (Phi) is 5.47. The Morgan fingerprint density at radius 3 is 2.70 bits per heavy atom. The van der Waals surface area contributed by atoms with E-state index in [9.17, 15) is 4.79 Å². The second kappa shape index (κ2) is 7.01. The van der Waals surface area contributed by atoms with Crippen molar-refractivity contribution in [1.29, 1.82) is 0 Å². The van der Waals surface area contributed by atoms with Gasteiger partial charge in [-0.15, -0.1) is 0 Å². The van der Waals surface area contributed by atoms with E-state index in [2.05, 4.69) is 10.00 Å². The van der Waals surface area contributed by atoms with Crippen LogP contribution < -0.4 is 0 Å². The fourth-order valence-electron chi connectivity index (χ4n) is 3.13. The zero-order valence-electron chi connectivity index (χ0n) is 14.9. The van der Waals surface area contributed by atoms with E-state index in [4.69, 9.17) is 9.84 Å². The molecule has 2 rings (SSSR count). The Labute approximate surface area is 138 Å². The number of carbonyl (C=O) groups excluding carboxylic acids is 1. The maximum absolute atomic E-state index is 12.4. The van der Waals surface area contributed by atoms with Gasteiger partial charge in [-0.2, -0.15) is 5.10 Å². The predicted octanol–water partition coefficient (Wildman–Crippen LogP) is 1.80. The van der Waals surface area contributed by atoms with Gasteiger partial charge in [0.05, 0.1) is 18.8 Å². The third kappa shape index (κ3) is 4.32. The average Bonchev–Trinajstić information content (AvgIpc) is 2.98. The number of nitrogens with zero attached hydrogens (tertiary/aromatic N) is 3. The summed E-state index contributed by atoms with van der Waals surface area (Å²) in [6.45, 7) is 11.9. The molecule has 0 bridgehead atoms. The predicted molar refractivity (Wildman–Crippen MR) is 88.1 cm³/mol. The van der Waals surface area contributed by atoms with Gasteiger partial charge in [-0.3, -0.25) is 14.4 Å². The summed E-state index contributed by atoms with van der Waals surface area (Å²) in [6, 6.07) is -0.172. The molecule has 0 amide bonds. The fourth-order valence-corrected chi connectivity index (χ4v) is 3.13. The largest absolute Gasteiger partial charge is 0.459 e. The molecule has 1 N–H and O–H groups in total. The molecule has 0 saturated carbocycles. The van der Waals surface area contributed by atoms with Gasteiger partial charge in [-0.1, -0.05) is 0 Å². The molecule has 1 aromatic heterocycles. The highest BCUT2D eigenvalue weighted by atomic mass is 16.6. The van der Waals surface area contributed by atoms with Crippen LogP contribution in [0.4, 0.5) is 0 Å². The average molecular weight is 323 g/mol. The maximum Gasteiger partial charge on any atom is 0.323 e. The van der Waals surface area contributed by atoms with E-state index >= 15 is 0 Å². The number of aryl methyl sites for hydroxylation is 1. The fraction of sp³-hybridized carbons (Fsp3) is 0.765. The highest BCUT2D eigenvalue weighted by molar-refractivity contribution is 5.76. The van der Waals surface area contributed by atoms with Crippen LogP contribution in [0.15, 0.2) is 0 Å². The lowest BCUT2D eigenvalue weighted by Crippen LogP contribution is -2.40. The zero-order chi connectivity index (χ0) is 17.2. The molecular weight excluding hydrogens is 294 g/mol. The van der Waals surface area contributed by atoms with E-state index in [1.807, 2.05) is 39.3 Å². The molecule has 0 aliphatic carbocycles. The number of aliphatic hydroxyl groups excluding tert-OH is 1. The van der Waals surface area contributed by atoms with E-state index in [1.165, 1.54) is 0 Å². The number of likely N-dealkylation sites (tertiary alicyclic amines) is 1. The van der Waals surface area contributed by atoms with Crippen LogP contribution >= 0.6 is 0 Å². The van der Waals surface area contributed by atoms with Crippen LogP contribution in [0.2, 0.25) is 0 Å². The number of hydrogen-bond donors (Lipinski definition) is 1. The molecule has 1 aliphatic heterocycles. The van der Waals surface area contributed by atoms with Crippen molar-refractivity contribution in [1.82, 2.24) is 14.7 Å². The Morgan fingerprint density at radius 2 is 2.09 bits per heavy atom. The van der Waals surface area contributed by atoms with Crippen molar-refractivity contribution in [2.24, 2.45) is 0 Å². The van der Waals surface area contributed by atoms with Crippen LogP contribution in [0, 0.1) is 13.8 Å². The normalized spacial score (nSPS) is 19.3. The van der Waals surface area contributed by atoms with Crippen molar-refractivity contribution in [3.63, 3.8) is 0 Å². The molecule has 1 fully saturated rings. The molecule has 23 heavy (non-hydrogen) atoms. The smallest absolute Gasteiger partial charge is 0.323 e. The van der Waals surface area contributed by atoms with Crippen LogP contribution in [-0.4, -0.2) is 50.6 Å². The Balaban J connectivity index is 2.11. The van der Waals surface area contributed by atoms with E-state index < -0.39 is 5.60 Å². The van der Waals surface area contributed by atoms with E-state index in [-0.39, 0.29) is 18.6 Å². The molecule has 6 nitrogen and oxygen atoms in total. The van der Waals surface area contributed by atoms with Crippen LogP contribution in [-0.2, 0) is 22.6 Å². The maximum atomic E-state index is 12.4. The number of esters is 1. The third-order valence-electron chi connectivity index (χ3n) is 4.25. The van der Waals surface area contributed by atoms with Gasteiger partial charge in [0.2, 0.25) is 0 Å². The molecule has 130 valence electrons. The molecule has 1 saturated heterocycles. The number of rotatable bonds is 5. The third-order valence-corrected chi connectivity index (χ3v) is 4.25. The molecule has 0 unspecified atom stereocenters. The highest BCUT2D eigenvalue weighted by Crippen LogP contribution is 2.25. The summed E-state index contributed by atoms with van der Waals surface area (Å²) >= 11 is 0. The van der Waals surface area contributed by atoms with Crippen molar-refractivity contribution in [2.45, 2.75) is 72.2 Å². The molecule has 1 atom stereocenters. The van der Waals surface area contributed by atoms with Crippen molar-refractivity contribution >= 4 is 5.97 Å². The summed E-state index contributed by atoms with van der Waals surface area (Å²) in [6.07, 6.45) is 1.85. The lowest BCUT2D eigenvalue weighted by Gasteiger charge is -2.27. The van der Waals surface area contributed by atoms with Crippen molar-refractivity contribution in [2.75, 3.05) is 13.2 Å². The number of aliphatic hydroxyl groups is 1. The van der Waals surface area contributed by atoms with E-state index in [0.29, 0.717) is 13.1 Å². The zero-order valence-corrected chi connectivity index (χ0v) is 14.9. The number of hydrogen-bond acceptors (Lipinski definition) is 5. The highest BCUT2D eigenvalue weighted by Gasteiger charge is 2.34. The summed E-state index contributed by atoms with van der Waals surface area (Å²) in [7, 11) is 0. The summed E-state index contributed by atoms with van der Waals surface area (Å²) in [5.41, 5.74) is 2.72. The molecule has 0 radical (unpaired) electrons. The van der Waals surface area contributed by atoms with Crippen LogP contribution in [0.5, 0.6) is 0 Å². The molecule has 6 heteroatoms. The molecule has 2 heterocycles. The first-order valence-electron chi connectivity index (χ1n) is 8.33. The second-order valence-corrected chi connectivity index (χ2v) is 7.26. The molecule has 1 aromatic rings. The van der Waals surface area contributed by atoms with Crippen LogP contribution in [0.25, 0.3) is 0 Å². The van der Waals surface area contributed by atoms with E-state index in [0.717, 1.165) is 36.3 Å². The molecule has 0 spiro atoms. The SMILES string of the molecule is Cc1nn(CCO)c(C)c1CN1CCC[C@H]1C(=O)OC(C)(C)C. The van der Waals surface area contributed by atoms with Gasteiger partial charge >= 0.3 is 5.97 Å². The van der Waals surface area contributed by atoms with Crippen LogP contribution in [0.3, 0.4) is 0 Å². The van der Waals surface area contributed by atoms with Gasteiger partial charge in [0.15, 0.2) is 0 Å². The van der Waals surface area contributed by atoms with Gasteiger partial charge in [0.25, 0.3) is 0 Å². The van der Waals surface area contributed by atoms with Gasteiger partial charge in [0, 0.05) is 17.8 Å². The van der Waals surface area contributed by atoms with Crippen molar-refractivity contribution in [3.05, 3.63) is 17.0 Å². The minimum absolute atomic E-state index is 0.0750. The van der Waals surface area contributed by atoms with Crippen molar-refractivity contribution < 1.29 is 14.6 Å². The first kappa shape index (κ1) is 17.9. The Hall–Kier alpha value is -1.40. The van der Waals surface area contributed by atoms with Gasteiger partial charge in [-0.25, -0.2) is 0 Å². The van der Waals surface area contributed by atoms with Gasteiger partial charge in [0.1, 0.15) is 11.6 Å². The summed E-state index contributed by atoms with van der Waals surface area (Å²) in [5.74, 6) is -0.131. The summed E-state index contributed by atoms with van der Waals surface area (Å²) in [5, 5.41) is 13.6. The van der Waals surface area contributed by atoms with Gasteiger partial charge < -0.3 is 9.84 Å². The van der Waals surface area contributed by atoms with Crippen LogP contribution in [0.1, 0.15) is 50.6 Å². The Bertz CT molecular complexity index is 560. The lowest BCUT2D eigenvalue weighted by molar-refractivity contribution is -0.160. The first-order chi connectivity index (χ1) is 10.7. The standard InChI is InChI=1S/C17H29N3O3/c1-12-14(13(2)20(18-12)9-10-21)11-19-8-6-7-15(19)16(22)23-17(3,4)5/h15,21H,6-11H2,1-5H3/t15-/m0/s1. The number of ether oxygens (including phenoxy) is 1. The quantitative estimate of drug-likeness (QED) is 0.837. The summed E-state index contributed by atoms with van der Waals surface area (Å²) < 4.78 is 7.40. The monoisotopic (exact) mass is 323 g/mol. The minimum atomic E-state index is -0.455. The van der Waals surface area contributed by atoms with E-state index in [1.54, 1.807) is 0 Å². The minimum Gasteiger partial charge on any atom is -0.459 e.